The highest BCUT2D eigenvalue weighted by molar-refractivity contribution is 7.80. The van der Waals surface area contributed by atoms with E-state index in [1.807, 2.05) is 6.92 Å². The normalized spacial score (nSPS) is 23.0. The van der Waals surface area contributed by atoms with Crippen LogP contribution in [0.4, 0.5) is 0 Å². The van der Waals surface area contributed by atoms with E-state index < -0.39 is 0 Å². The first-order chi connectivity index (χ1) is 5.24. The maximum atomic E-state index is 10.6. The van der Waals surface area contributed by atoms with Gasteiger partial charge in [0.25, 0.3) is 0 Å². The van der Waals surface area contributed by atoms with Crippen LogP contribution >= 0.6 is 12.2 Å². The highest BCUT2D eigenvalue weighted by atomic mass is 32.1. The predicted molar refractivity (Wildman–Crippen MR) is 43.3 cm³/mol. The lowest BCUT2D eigenvalue weighted by atomic mass is 10.2. The average molecular weight is 174 g/mol. The van der Waals surface area contributed by atoms with Gasteiger partial charge in [0.05, 0.1) is 6.61 Å². The van der Waals surface area contributed by atoms with Crippen LogP contribution in [0.1, 0.15) is 19.8 Å². The maximum absolute atomic E-state index is 10.6. The van der Waals surface area contributed by atoms with Gasteiger partial charge in [-0.2, -0.15) is 0 Å². The molecule has 0 saturated carbocycles. The first kappa shape index (κ1) is 8.46. The molecule has 0 aromatic rings. The Bertz CT molecular complexity index is 179. The molecular weight excluding hydrogens is 164 g/mol. The quantitative estimate of drug-likeness (QED) is 0.463. The molecule has 0 amide bonds. The lowest BCUT2D eigenvalue weighted by molar-refractivity contribution is -0.139. The molecule has 0 bridgehead atoms. The Balaban J connectivity index is 2.37. The van der Waals surface area contributed by atoms with E-state index in [0.717, 1.165) is 0 Å². The largest absolute Gasteiger partial charge is 0.484 e. The molecule has 1 unspecified atom stereocenters. The maximum Gasteiger partial charge on any atom is 0.306 e. The number of thiocarbonyl (C=S) groups is 1. The summed E-state index contributed by atoms with van der Waals surface area (Å²) in [6, 6.07) is 0. The zero-order chi connectivity index (χ0) is 8.27. The van der Waals surface area contributed by atoms with E-state index in [1.54, 1.807) is 0 Å². The van der Waals surface area contributed by atoms with Crippen molar-refractivity contribution < 1.29 is 14.3 Å². The van der Waals surface area contributed by atoms with Crippen molar-refractivity contribution in [1.82, 2.24) is 0 Å². The smallest absolute Gasteiger partial charge is 0.306 e. The molecule has 0 N–H and O–H groups in total. The fraction of sp³-hybridized carbons (Fsp3) is 0.714. The van der Waals surface area contributed by atoms with E-state index in [2.05, 4.69) is 0 Å². The van der Waals surface area contributed by atoms with Crippen LogP contribution in [0.15, 0.2) is 0 Å². The van der Waals surface area contributed by atoms with Crippen LogP contribution in [-0.4, -0.2) is 23.7 Å². The lowest BCUT2D eigenvalue weighted by Gasteiger charge is -2.09. The SMILES string of the molecule is CCOC(=S)C1CCC(=O)O1. The summed E-state index contributed by atoms with van der Waals surface area (Å²) < 4.78 is 9.90. The van der Waals surface area contributed by atoms with Gasteiger partial charge in [-0.1, -0.05) is 0 Å². The van der Waals surface area contributed by atoms with Crippen LogP contribution in [0.25, 0.3) is 0 Å². The van der Waals surface area contributed by atoms with Crippen LogP contribution in [0.5, 0.6) is 0 Å². The molecule has 0 aliphatic carbocycles. The first-order valence-electron chi connectivity index (χ1n) is 3.60. The van der Waals surface area contributed by atoms with Crippen LogP contribution < -0.4 is 0 Å². The van der Waals surface area contributed by atoms with Crippen molar-refractivity contribution in [3.8, 4) is 0 Å². The summed E-state index contributed by atoms with van der Waals surface area (Å²) in [6.07, 6.45) is 0.840. The third-order valence-corrected chi connectivity index (χ3v) is 1.81. The number of hydrogen-bond donors (Lipinski definition) is 0. The number of ether oxygens (including phenoxy) is 2. The van der Waals surface area contributed by atoms with Crippen LogP contribution in [-0.2, 0) is 14.3 Å². The molecular formula is C7H10O3S. The molecule has 0 aromatic heterocycles. The second-order valence-electron chi connectivity index (χ2n) is 2.27. The third kappa shape index (κ3) is 2.15. The van der Waals surface area contributed by atoms with Gasteiger partial charge >= 0.3 is 5.97 Å². The molecule has 1 saturated heterocycles. The molecule has 1 rings (SSSR count). The standard InChI is InChI=1S/C7H10O3S/c1-2-9-7(11)5-3-4-6(8)10-5/h5H,2-4H2,1H3. The summed E-state index contributed by atoms with van der Waals surface area (Å²) in [5.74, 6) is -0.183. The van der Waals surface area contributed by atoms with Gasteiger partial charge in [0.1, 0.15) is 0 Å². The Labute approximate surface area is 70.7 Å². The molecule has 62 valence electrons. The van der Waals surface area contributed by atoms with Crippen molar-refractivity contribution in [1.29, 1.82) is 0 Å². The number of esters is 1. The minimum absolute atomic E-state index is 0.183. The van der Waals surface area contributed by atoms with Gasteiger partial charge in [-0.05, 0) is 19.1 Å². The van der Waals surface area contributed by atoms with Crippen molar-refractivity contribution in [2.75, 3.05) is 6.61 Å². The summed E-state index contributed by atoms with van der Waals surface area (Å²) in [4.78, 5) is 10.6. The van der Waals surface area contributed by atoms with Crippen molar-refractivity contribution in [3.63, 3.8) is 0 Å². The van der Waals surface area contributed by atoms with Crippen LogP contribution in [0.2, 0.25) is 0 Å². The van der Waals surface area contributed by atoms with E-state index in [0.29, 0.717) is 24.5 Å². The summed E-state index contributed by atoms with van der Waals surface area (Å²) in [7, 11) is 0. The van der Waals surface area contributed by atoms with Gasteiger partial charge in [-0.3, -0.25) is 4.79 Å². The summed E-state index contributed by atoms with van der Waals surface area (Å²) >= 11 is 4.87. The fourth-order valence-electron chi connectivity index (χ4n) is 0.927. The molecule has 4 heteroatoms. The molecule has 11 heavy (non-hydrogen) atoms. The number of carbonyl (C=O) groups is 1. The molecule has 1 aliphatic rings. The van der Waals surface area contributed by atoms with Gasteiger partial charge in [0.2, 0.25) is 5.05 Å². The second kappa shape index (κ2) is 3.67. The zero-order valence-corrected chi connectivity index (χ0v) is 7.15. The molecule has 3 nitrogen and oxygen atoms in total. The molecule has 1 fully saturated rings. The van der Waals surface area contributed by atoms with Gasteiger partial charge < -0.3 is 9.47 Å². The number of cyclic esters (lactones) is 1. The molecule has 0 aromatic carbocycles. The van der Waals surface area contributed by atoms with Crippen molar-refractivity contribution in [3.05, 3.63) is 0 Å². The summed E-state index contributed by atoms with van der Waals surface area (Å²) in [6.45, 7) is 2.38. The molecule has 0 spiro atoms. The van der Waals surface area contributed by atoms with Gasteiger partial charge in [0, 0.05) is 12.8 Å². The molecule has 0 radical (unpaired) electrons. The number of carbonyl (C=O) groups excluding carboxylic acids is 1. The highest BCUT2D eigenvalue weighted by Gasteiger charge is 2.27. The summed E-state index contributed by atoms with van der Waals surface area (Å²) in [5, 5.41) is 0.401. The first-order valence-corrected chi connectivity index (χ1v) is 4.01. The van der Waals surface area contributed by atoms with Crippen molar-refractivity contribution in [2.45, 2.75) is 25.9 Å². The topological polar surface area (TPSA) is 35.5 Å². The fourth-order valence-corrected chi connectivity index (χ4v) is 1.21. The van der Waals surface area contributed by atoms with Gasteiger partial charge in [0.15, 0.2) is 6.10 Å². The predicted octanol–water partition coefficient (Wildman–Crippen LogP) is 1.06. The monoisotopic (exact) mass is 174 g/mol. The minimum Gasteiger partial charge on any atom is -0.484 e. The Hall–Kier alpha value is -0.640. The van der Waals surface area contributed by atoms with E-state index >= 15 is 0 Å². The average Bonchev–Trinajstić information content (AvgIpc) is 2.36. The Morgan fingerprint density at radius 1 is 1.91 bits per heavy atom. The van der Waals surface area contributed by atoms with Crippen LogP contribution in [0.3, 0.4) is 0 Å². The third-order valence-electron chi connectivity index (χ3n) is 1.43. The zero-order valence-electron chi connectivity index (χ0n) is 6.33. The minimum atomic E-state index is -0.280. The Kier molecular flexibility index (Phi) is 2.82. The molecule has 1 heterocycles. The van der Waals surface area contributed by atoms with E-state index in [4.69, 9.17) is 21.7 Å². The van der Waals surface area contributed by atoms with Crippen molar-refractivity contribution in [2.24, 2.45) is 0 Å². The number of rotatable bonds is 2. The lowest BCUT2D eigenvalue weighted by Crippen LogP contribution is -2.20. The van der Waals surface area contributed by atoms with Gasteiger partial charge in [-0.25, -0.2) is 0 Å². The van der Waals surface area contributed by atoms with Gasteiger partial charge in [-0.15, -0.1) is 0 Å². The second-order valence-corrected chi connectivity index (χ2v) is 2.67. The van der Waals surface area contributed by atoms with E-state index in [9.17, 15) is 4.79 Å². The Morgan fingerprint density at radius 2 is 2.64 bits per heavy atom. The van der Waals surface area contributed by atoms with E-state index in [-0.39, 0.29) is 12.1 Å². The Morgan fingerprint density at radius 3 is 3.09 bits per heavy atom. The van der Waals surface area contributed by atoms with E-state index in [1.165, 1.54) is 0 Å². The highest BCUT2D eigenvalue weighted by Crippen LogP contribution is 2.15. The summed E-state index contributed by atoms with van der Waals surface area (Å²) in [5.41, 5.74) is 0. The molecule has 1 aliphatic heterocycles. The van der Waals surface area contributed by atoms with Crippen LogP contribution in [0, 0.1) is 0 Å². The number of hydrogen-bond acceptors (Lipinski definition) is 4. The molecule has 1 atom stereocenters. The van der Waals surface area contributed by atoms with Crippen molar-refractivity contribution >= 4 is 23.2 Å².